The van der Waals surface area contributed by atoms with Crippen LogP contribution in [0.2, 0.25) is 0 Å². The van der Waals surface area contributed by atoms with Crippen LogP contribution in [0.5, 0.6) is 0 Å². The maximum Gasteiger partial charge on any atom is 0.411 e. The SMILES string of the molecule is C=C/C=C(\C=C)C(=O)CN(C(=O)OC(C)(C)C)C1(CC#N)CC1. The van der Waals surface area contributed by atoms with Crippen LogP contribution in [0.25, 0.3) is 0 Å². The Morgan fingerprint density at radius 1 is 1.35 bits per heavy atom. The van der Waals surface area contributed by atoms with Gasteiger partial charge in [-0.25, -0.2) is 4.79 Å². The third kappa shape index (κ3) is 5.10. The predicted molar refractivity (Wildman–Crippen MR) is 88.6 cm³/mol. The van der Waals surface area contributed by atoms with Crippen LogP contribution >= 0.6 is 0 Å². The van der Waals surface area contributed by atoms with E-state index in [-0.39, 0.29) is 18.7 Å². The van der Waals surface area contributed by atoms with Gasteiger partial charge in [-0.05, 0) is 33.6 Å². The molecule has 1 amide bonds. The maximum absolute atomic E-state index is 12.5. The van der Waals surface area contributed by atoms with Crippen LogP contribution in [0.15, 0.2) is 37.0 Å². The summed E-state index contributed by atoms with van der Waals surface area (Å²) in [6.07, 6.45) is 5.49. The number of carbonyl (C=O) groups is 2. The average Bonchev–Trinajstić information content (AvgIpc) is 3.20. The number of carbonyl (C=O) groups excluding carboxylic acids is 2. The lowest BCUT2D eigenvalue weighted by Crippen LogP contribution is -2.47. The zero-order valence-electron chi connectivity index (χ0n) is 14.1. The van der Waals surface area contributed by atoms with Gasteiger partial charge in [-0.15, -0.1) is 0 Å². The molecule has 5 nitrogen and oxygen atoms in total. The lowest BCUT2D eigenvalue weighted by atomic mass is 10.1. The molecule has 0 aliphatic heterocycles. The molecule has 0 bridgehead atoms. The van der Waals surface area contributed by atoms with E-state index in [1.165, 1.54) is 17.1 Å². The monoisotopic (exact) mass is 316 g/mol. The predicted octanol–water partition coefficient (Wildman–Crippen LogP) is 3.54. The van der Waals surface area contributed by atoms with Crippen molar-refractivity contribution in [3.05, 3.63) is 37.0 Å². The van der Waals surface area contributed by atoms with Gasteiger partial charge in [-0.2, -0.15) is 5.26 Å². The van der Waals surface area contributed by atoms with Gasteiger partial charge >= 0.3 is 6.09 Å². The fourth-order valence-electron chi connectivity index (χ4n) is 2.21. The Hall–Kier alpha value is -2.35. The molecule has 0 aromatic carbocycles. The summed E-state index contributed by atoms with van der Waals surface area (Å²) in [4.78, 5) is 26.3. The fourth-order valence-corrected chi connectivity index (χ4v) is 2.21. The van der Waals surface area contributed by atoms with Crippen LogP contribution in [0.3, 0.4) is 0 Å². The smallest absolute Gasteiger partial charge is 0.411 e. The standard InChI is InChI=1S/C18H24N2O3/c1-6-8-14(7-2)15(21)13-20(16(22)23-17(3,4)5)18(9-10-18)11-12-19/h6-8H,1-2,9-11,13H2,3-5H3/b14-8+. The fraction of sp³-hybridized carbons (Fsp3) is 0.500. The molecule has 0 heterocycles. The van der Waals surface area contributed by atoms with Gasteiger partial charge in [-0.1, -0.05) is 31.4 Å². The van der Waals surface area contributed by atoms with Crippen LogP contribution in [0.1, 0.15) is 40.0 Å². The van der Waals surface area contributed by atoms with Crippen molar-refractivity contribution in [2.45, 2.75) is 51.2 Å². The minimum atomic E-state index is -0.667. The van der Waals surface area contributed by atoms with Crippen LogP contribution in [-0.2, 0) is 9.53 Å². The molecule has 0 radical (unpaired) electrons. The zero-order valence-corrected chi connectivity index (χ0v) is 14.1. The Morgan fingerprint density at radius 3 is 2.35 bits per heavy atom. The molecule has 0 saturated heterocycles. The van der Waals surface area contributed by atoms with E-state index < -0.39 is 17.2 Å². The number of allylic oxidation sites excluding steroid dienone is 3. The number of hydrogen-bond donors (Lipinski definition) is 0. The van der Waals surface area contributed by atoms with Gasteiger partial charge in [0.1, 0.15) is 5.60 Å². The first kappa shape index (κ1) is 18.7. The van der Waals surface area contributed by atoms with Crippen molar-refractivity contribution in [3.8, 4) is 6.07 Å². The van der Waals surface area contributed by atoms with Gasteiger partial charge < -0.3 is 4.74 Å². The van der Waals surface area contributed by atoms with Crippen molar-refractivity contribution >= 4 is 11.9 Å². The van der Waals surface area contributed by atoms with Gasteiger partial charge in [0, 0.05) is 5.57 Å². The number of ketones is 1. The number of ether oxygens (including phenoxy) is 1. The number of hydrogen-bond acceptors (Lipinski definition) is 4. The lowest BCUT2D eigenvalue weighted by Gasteiger charge is -2.32. The van der Waals surface area contributed by atoms with Crippen molar-refractivity contribution in [2.75, 3.05) is 6.54 Å². The zero-order chi connectivity index (χ0) is 17.7. The molecule has 0 aromatic heterocycles. The van der Waals surface area contributed by atoms with E-state index in [0.717, 1.165) is 0 Å². The molecule has 1 fully saturated rings. The Kier molecular flexibility index (Phi) is 5.91. The number of rotatable bonds is 7. The van der Waals surface area contributed by atoms with Crippen LogP contribution in [0, 0.1) is 11.3 Å². The molecule has 0 aromatic rings. The van der Waals surface area contributed by atoms with E-state index in [0.29, 0.717) is 18.4 Å². The Labute approximate surface area is 137 Å². The highest BCUT2D eigenvalue weighted by atomic mass is 16.6. The second kappa shape index (κ2) is 7.28. The minimum Gasteiger partial charge on any atom is -0.444 e. The summed E-state index contributed by atoms with van der Waals surface area (Å²) >= 11 is 0. The number of nitriles is 1. The van der Waals surface area contributed by atoms with Gasteiger partial charge in [0.15, 0.2) is 5.78 Å². The van der Waals surface area contributed by atoms with Crippen molar-refractivity contribution in [1.82, 2.24) is 4.90 Å². The van der Waals surface area contributed by atoms with Crippen molar-refractivity contribution in [3.63, 3.8) is 0 Å². The second-order valence-electron chi connectivity index (χ2n) is 6.61. The first-order valence-electron chi connectivity index (χ1n) is 7.55. The molecule has 0 unspecified atom stereocenters. The van der Waals surface area contributed by atoms with E-state index in [4.69, 9.17) is 10.00 Å². The molecule has 124 valence electrons. The molecule has 1 saturated carbocycles. The highest BCUT2D eigenvalue weighted by molar-refractivity contribution is 6.01. The van der Waals surface area contributed by atoms with Gasteiger partial charge in [0.05, 0.1) is 24.6 Å². The third-order valence-electron chi connectivity index (χ3n) is 3.56. The first-order chi connectivity index (χ1) is 10.7. The molecule has 1 rings (SSSR count). The summed E-state index contributed by atoms with van der Waals surface area (Å²) < 4.78 is 5.41. The maximum atomic E-state index is 12.5. The summed E-state index contributed by atoms with van der Waals surface area (Å²) in [6, 6.07) is 2.10. The third-order valence-corrected chi connectivity index (χ3v) is 3.56. The molecule has 5 heteroatoms. The van der Waals surface area contributed by atoms with Gasteiger partial charge in [0.2, 0.25) is 0 Å². The summed E-state index contributed by atoms with van der Waals surface area (Å²) in [5.74, 6) is -0.255. The molecular weight excluding hydrogens is 292 g/mol. The second-order valence-corrected chi connectivity index (χ2v) is 6.61. The molecule has 1 aliphatic rings. The number of Topliss-reactive ketones (excluding diaryl/α,β-unsaturated/α-hetero) is 1. The van der Waals surface area contributed by atoms with E-state index in [9.17, 15) is 9.59 Å². The van der Waals surface area contributed by atoms with Crippen molar-refractivity contribution in [1.29, 1.82) is 5.26 Å². The Morgan fingerprint density at radius 2 is 1.96 bits per heavy atom. The summed E-state index contributed by atoms with van der Waals surface area (Å²) in [5.41, 5.74) is -0.881. The molecule has 1 aliphatic carbocycles. The topological polar surface area (TPSA) is 70.4 Å². The van der Waals surface area contributed by atoms with E-state index >= 15 is 0 Å². The first-order valence-corrected chi connectivity index (χ1v) is 7.55. The van der Waals surface area contributed by atoms with Crippen LogP contribution in [0.4, 0.5) is 4.79 Å². The largest absolute Gasteiger partial charge is 0.444 e. The highest BCUT2D eigenvalue weighted by Gasteiger charge is 2.51. The van der Waals surface area contributed by atoms with E-state index in [2.05, 4.69) is 19.2 Å². The highest BCUT2D eigenvalue weighted by Crippen LogP contribution is 2.45. The molecule has 23 heavy (non-hydrogen) atoms. The molecule has 0 atom stereocenters. The quantitative estimate of drug-likeness (QED) is 0.532. The minimum absolute atomic E-state index is 0.137. The summed E-state index contributed by atoms with van der Waals surface area (Å²) in [5, 5.41) is 9.02. The Balaban J connectivity index is 3.02. The van der Waals surface area contributed by atoms with Crippen molar-refractivity contribution < 1.29 is 14.3 Å². The molecule has 0 N–H and O–H groups in total. The van der Waals surface area contributed by atoms with Gasteiger partial charge in [0.25, 0.3) is 0 Å². The molecule has 0 spiro atoms. The Bertz CT molecular complexity index is 572. The summed E-state index contributed by atoms with van der Waals surface area (Å²) in [6.45, 7) is 12.3. The average molecular weight is 316 g/mol. The van der Waals surface area contributed by atoms with E-state index in [1.54, 1.807) is 26.8 Å². The van der Waals surface area contributed by atoms with Crippen LogP contribution in [-0.4, -0.2) is 34.5 Å². The van der Waals surface area contributed by atoms with Crippen LogP contribution < -0.4 is 0 Å². The summed E-state index contributed by atoms with van der Waals surface area (Å²) in [7, 11) is 0. The lowest BCUT2D eigenvalue weighted by molar-refractivity contribution is -0.117. The van der Waals surface area contributed by atoms with Gasteiger partial charge in [-0.3, -0.25) is 9.69 Å². The molecular formula is C18H24N2O3. The normalized spacial score (nSPS) is 16.0. The number of nitrogens with zero attached hydrogens (tertiary/aromatic N) is 2. The van der Waals surface area contributed by atoms with Crippen molar-refractivity contribution in [2.24, 2.45) is 0 Å². The number of amides is 1. The van der Waals surface area contributed by atoms with E-state index in [1.807, 2.05) is 0 Å².